The minimum Gasteiger partial charge on any atom is -0.410 e. The SMILES string of the molecule is O=C(F)/C(=N\O)c1ccccc1C(F)(F)F. The Bertz CT molecular complexity index is 439. The second-order valence-electron chi connectivity index (χ2n) is 2.77. The van der Waals surface area contributed by atoms with Crippen molar-refractivity contribution in [2.24, 2.45) is 5.16 Å². The van der Waals surface area contributed by atoms with Crippen LogP contribution in [0.15, 0.2) is 29.4 Å². The lowest BCUT2D eigenvalue weighted by Crippen LogP contribution is -2.17. The molecule has 1 rings (SSSR count). The molecule has 0 aromatic heterocycles. The average Bonchev–Trinajstić information content (AvgIpc) is 2.17. The van der Waals surface area contributed by atoms with Crippen LogP contribution in [0.1, 0.15) is 11.1 Å². The number of benzene rings is 1. The van der Waals surface area contributed by atoms with E-state index in [0.29, 0.717) is 6.07 Å². The van der Waals surface area contributed by atoms with Crippen molar-refractivity contribution in [3.8, 4) is 0 Å². The minimum absolute atomic E-state index is 0.656. The molecular formula is C9H5F4NO2. The van der Waals surface area contributed by atoms with E-state index in [1.807, 2.05) is 0 Å². The Morgan fingerprint density at radius 3 is 2.25 bits per heavy atom. The number of hydrogen-bond acceptors (Lipinski definition) is 3. The molecule has 0 heterocycles. The van der Waals surface area contributed by atoms with E-state index in [9.17, 15) is 22.4 Å². The first-order chi connectivity index (χ1) is 7.38. The summed E-state index contributed by atoms with van der Waals surface area (Å²) in [6, 6.07) is 1.50. The summed E-state index contributed by atoms with van der Waals surface area (Å²) in [5.41, 5.74) is -3.31. The molecule has 0 aliphatic carbocycles. The van der Waals surface area contributed by atoms with E-state index < -0.39 is 29.1 Å². The molecule has 0 radical (unpaired) electrons. The number of carbonyl (C=O) groups is 1. The lowest BCUT2D eigenvalue weighted by molar-refractivity contribution is -0.137. The fraction of sp³-hybridized carbons (Fsp3) is 0.111. The molecule has 1 aromatic carbocycles. The Hall–Kier alpha value is -1.92. The maximum absolute atomic E-state index is 12.4. The summed E-state index contributed by atoms with van der Waals surface area (Å²) in [5, 5.41) is 10.5. The first-order valence-electron chi connectivity index (χ1n) is 3.96. The quantitative estimate of drug-likeness (QED) is 0.281. The number of alkyl halides is 3. The molecule has 0 aliphatic rings. The van der Waals surface area contributed by atoms with Crippen molar-refractivity contribution in [1.29, 1.82) is 0 Å². The number of rotatable bonds is 2. The van der Waals surface area contributed by atoms with Crippen LogP contribution < -0.4 is 0 Å². The van der Waals surface area contributed by atoms with Gasteiger partial charge >= 0.3 is 12.2 Å². The van der Waals surface area contributed by atoms with E-state index in [1.165, 1.54) is 6.07 Å². The van der Waals surface area contributed by atoms with Gasteiger partial charge in [0.05, 0.1) is 5.56 Å². The van der Waals surface area contributed by atoms with Gasteiger partial charge in [-0.05, 0) is 6.07 Å². The van der Waals surface area contributed by atoms with Gasteiger partial charge < -0.3 is 5.21 Å². The topological polar surface area (TPSA) is 49.7 Å². The van der Waals surface area contributed by atoms with E-state index in [-0.39, 0.29) is 0 Å². The molecule has 0 amide bonds. The lowest BCUT2D eigenvalue weighted by atomic mass is 10.0. The summed E-state index contributed by atoms with van der Waals surface area (Å²) in [6.07, 6.45) is -4.76. The predicted octanol–water partition coefficient (Wildman–Crippen LogP) is 2.38. The fourth-order valence-corrected chi connectivity index (χ4v) is 1.14. The minimum atomic E-state index is -4.76. The number of oxime groups is 1. The van der Waals surface area contributed by atoms with Gasteiger partial charge in [0.1, 0.15) is 0 Å². The fourth-order valence-electron chi connectivity index (χ4n) is 1.14. The zero-order chi connectivity index (χ0) is 12.3. The molecule has 1 aromatic rings. The summed E-state index contributed by atoms with van der Waals surface area (Å²) in [6.45, 7) is 0. The third-order valence-electron chi connectivity index (χ3n) is 1.77. The first kappa shape index (κ1) is 12.2. The summed E-state index contributed by atoms with van der Waals surface area (Å²) in [7, 11) is 0. The molecule has 3 nitrogen and oxygen atoms in total. The molecule has 1 N–H and O–H groups in total. The van der Waals surface area contributed by atoms with Crippen molar-refractivity contribution in [1.82, 2.24) is 0 Å². The van der Waals surface area contributed by atoms with Crippen LogP contribution >= 0.6 is 0 Å². The van der Waals surface area contributed by atoms with Gasteiger partial charge in [0, 0.05) is 5.56 Å². The van der Waals surface area contributed by atoms with Gasteiger partial charge in [-0.3, -0.25) is 4.79 Å². The van der Waals surface area contributed by atoms with Crippen LogP contribution in [-0.4, -0.2) is 17.0 Å². The molecule has 0 spiro atoms. The van der Waals surface area contributed by atoms with E-state index in [2.05, 4.69) is 5.16 Å². The van der Waals surface area contributed by atoms with Gasteiger partial charge in [-0.25, -0.2) is 0 Å². The van der Waals surface area contributed by atoms with Crippen LogP contribution in [0.25, 0.3) is 0 Å². The highest BCUT2D eigenvalue weighted by molar-refractivity contribution is 6.43. The van der Waals surface area contributed by atoms with Crippen LogP contribution in [0, 0.1) is 0 Å². The molecule has 16 heavy (non-hydrogen) atoms. The molecule has 86 valence electrons. The molecule has 0 saturated carbocycles. The molecule has 0 fully saturated rings. The van der Waals surface area contributed by atoms with E-state index in [4.69, 9.17) is 5.21 Å². The third-order valence-corrected chi connectivity index (χ3v) is 1.77. The number of halogens is 4. The Labute approximate surface area is 87.0 Å². The molecule has 0 bridgehead atoms. The van der Waals surface area contributed by atoms with Crippen LogP contribution in [0.5, 0.6) is 0 Å². The number of carbonyl (C=O) groups excluding carboxylic acids is 1. The Morgan fingerprint density at radius 1 is 1.25 bits per heavy atom. The normalized spacial score (nSPS) is 12.6. The van der Waals surface area contributed by atoms with E-state index in [1.54, 1.807) is 0 Å². The smallest absolute Gasteiger partial charge is 0.410 e. The summed E-state index contributed by atoms with van der Waals surface area (Å²) >= 11 is 0. The van der Waals surface area contributed by atoms with Crippen molar-refractivity contribution < 1.29 is 27.6 Å². The Balaban J connectivity index is 3.40. The second-order valence-corrected chi connectivity index (χ2v) is 2.77. The van der Waals surface area contributed by atoms with Gasteiger partial charge in [0.15, 0.2) is 5.71 Å². The van der Waals surface area contributed by atoms with Crippen LogP contribution in [0.4, 0.5) is 17.6 Å². The maximum atomic E-state index is 12.4. The van der Waals surface area contributed by atoms with Crippen molar-refractivity contribution in [3.05, 3.63) is 35.4 Å². The number of hydrogen-bond donors (Lipinski definition) is 1. The van der Waals surface area contributed by atoms with Gasteiger partial charge in [-0.15, -0.1) is 0 Å². The zero-order valence-electron chi connectivity index (χ0n) is 7.62. The zero-order valence-corrected chi connectivity index (χ0v) is 7.62. The molecule has 0 aliphatic heterocycles. The van der Waals surface area contributed by atoms with Crippen LogP contribution in [0.3, 0.4) is 0 Å². The highest BCUT2D eigenvalue weighted by atomic mass is 19.4. The van der Waals surface area contributed by atoms with Crippen molar-refractivity contribution >= 4 is 11.7 Å². The second kappa shape index (κ2) is 4.30. The van der Waals surface area contributed by atoms with Crippen LogP contribution in [0.2, 0.25) is 0 Å². The molecule has 0 atom stereocenters. The molecule has 7 heteroatoms. The average molecular weight is 235 g/mol. The highest BCUT2D eigenvalue weighted by Crippen LogP contribution is 2.32. The lowest BCUT2D eigenvalue weighted by Gasteiger charge is -2.10. The van der Waals surface area contributed by atoms with E-state index in [0.717, 1.165) is 12.1 Å². The maximum Gasteiger partial charge on any atom is 0.417 e. The number of nitrogens with zero attached hydrogens (tertiary/aromatic N) is 1. The largest absolute Gasteiger partial charge is 0.417 e. The summed E-state index contributed by atoms with van der Waals surface area (Å²) < 4.78 is 49.6. The molecular weight excluding hydrogens is 230 g/mol. The van der Waals surface area contributed by atoms with Gasteiger partial charge in [0.2, 0.25) is 0 Å². The van der Waals surface area contributed by atoms with Crippen molar-refractivity contribution in [3.63, 3.8) is 0 Å². The third kappa shape index (κ3) is 2.36. The van der Waals surface area contributed by atoms with Gasteiger partial charge in [-0.1, -0.05) is 23.4 Å². The molecule has 0 saturated heterocycles. The van der Waals surface area contributed by atoms with E-state index >= 15 is 0 Å². The monoisotopic (exact) mass is 235 g/mol. The van der Waals surface area contributed by atoms with Gasteiger partial charge in [0.25, 0.3) is 0 Å². The van der Waals surface area contributed by atoms with Crippen molar-refractivity contribution in [2.45, 2.75) is 6.18 Å². The first-order valence-corrected chi connectivity index (χ1v) is 3.96. The van der Waals surface area contributed by atoms with Crippen LogP contribution in [-0.2, 0) is 11.0 Å². The Morgan fingerprint density at radius 2 is 1.81 bits per heavy atom. The Kier molecular flexibility index (Phi) is 3.26. The van der Waals surface area contributed by atoms with Crippen molar-refractivity contribution in [2.75, 3.05) is 0 Å². The summed E-state index contributed by atoms with van der Waals surface area (Å²) in [5.74, 6) is 0. The summed E-state index contributed by atoms with van der Waals surface area (Å²) in [4.78, 5) is 10.3. The van der Waals surface area contributed by atoms with Gasteiger partial charge in [-0.2, -0.15) is 17.6 Å². The molecule has 0 unspecified atom stereocenters. The highest BCUT2D eigenvalue weighted by Gasteiger charge is 2.35. The predicted molar refractivity (Wildman–Crippen MR) is 45.9 cm³/mol. The standard InChI is InChI=1S/C9H5F4NO2/c10-8(15)7(14-16)5-3-1-2-4-6(5)9(11,12)13/h1-4,16H/b14-7-.